The van der Waals surface area contributed by atoms with Gasteiger partial charge >= 0.3 is 0 Å². The highest BCUT2D eigenvalue weighted by atomic mass is 33.1. The van der Waals surface area contributed by atoms with E-state index < -0.39 is 31.4 Å². The van der Waals surface area contributed by atoms with Gasteiger partial charge in [0.05, 0.1) is 34.3 Å². The molecule has 0 radical (unpaired) electrons. The molecule has 0 N–H and O–H groups in total. The fraction of sp³-hybridized carbons (Fsp3) is 0.556. The topological polar surface area (TPSA) is 88.9 Å². The highest BCUT2D eigenvalue weighted by Crippen LogP contribution is 2.66. The normalized spacial score (nSPS) is 42.3. The van der Waals surface area contributed by atoms with Crippen LogP contribution in [0.1, 0.15) is 31.9 Å². The number of carbonyl (C=O) groups excluding carboxylic acids is 1. The van der Waals surface area contributed by atoms with Gasteiger partial charge in [-0.1, -0.05) is 12.1 Å². The van der Waals surface area contributed by atoms with E-state index in [1.54, 1.807) is 4.90 Å². The molecule has 0 aromatic heterocycles. The molecule has 3 unspecified atom stereocenters. The number of benzene rings is 1. The molecule has 4 saturated heterocycles. The maximum atomic E-state index is 13.6. The van der Waals surface area contributed by atoms with Crippen LogP contribution >= 0.6 is 10.8 Å². The number of fused-ring (bicyclic) bond motifs is 3. The molecule has 6 rings (SSSR count). The van der Waals surface area contributed by atoms with Gasteiger partial charge in [0.1, 0.15) is 10.8 Å². The molecule has 5 aliphatic heterocycles. The zero-order valence-electron chi connectivity index (χ0n) is 15.2. The molecule has 5 heterocycles. The fourth-order valence-corrected chi connectivity index (χ4v) is 9.28. The highest BCUT2D eigenvalue weighted by Gasteiger charge is 2.77. The lowest BCUT2D eigenvalue weighted by Gasteiger charge is -2.57. The van der Waals surface area contributed by atoms with E-state index in [-0.39, 0.29) is 12.7 Å². The Morgan fingerprint density at radius 2 is 2.19 bits per heavy atom. The number of amides is 1. The summed E-state index contributed by atoms with van der Waals surface area (Å²) < 4.78 is 24.4. The smallest absolute Gasteiger partial charge is 0.262 e. The van der Waals surface area contributed by atoms with Gasteiger partial charge in [0.2, 0.25) is 11.7 Å². The second-order valence-corrected chi connectivity index (χ2v) is 11.6. The lowest BCUT2D eigenvalue weighted by atomic mass is 9.79. The van der Waals surface area contributed by atoms with E-state index in [2.05, 4.69) is 6.07 Å². The molecule has 5 aliphatic rings. The Morgan fingerprint density at radius 1 is 1.41 bits per heavy atom. The number of nitrogens with zero attached hydrogens (tertiary/aromatic N) is 3. The molecule has 7 nitrogen and oxygen atoms in total. The second kappa shape index (κ2) is 5.26. The number of ether oxygens (including phenoxy) is 2. The van der Waals surface area contributed by atoms with Crippen molar-refractivity contribution in [1.82, 2.24) is 9.80 Å². The minimum absolute atomic E-state index is 0.0960. The van der Waals surface area contributed by atoms with Crippen LogP contribution in [0.4, 0.5) is 0 Å². The zero-order valence-corrected chi connectivity index (χ0v) is 16.9. The van der Waals surface area contributed by atoms with E-state index >= 15 is 0 Å². The first-order chi connectivity index (χ1) is 12.8. The molecular weight excluding hydrogens is 386 g/mol. The van der Waals surface area contributed by atoms with Gasteiger partial charge in [0, 0.05) is 12.0 Å². The molecular formula is C18H19N3O4S2. The standard InChI is InChI=1S/C18H19N3O4S2/c1-16(8-19)7-18-9-20(3)17(2,26-27(18)23)15(22)21(18)14(16)11-5-4-6-12-13(11)25-10-24-12/h4-6,14H,7,9-10H2,1-3H3/t14-,16+,17?,18?,27?/m0/s1. The highest BCUT2D eigenvalue weighted by molar-refractivity contribution is 8.73. The average Bonchev–Trinajstić information content (AvgIpc) is 3.20. The molecule has 0 saturated carbocycles. The van der Waals surface area contributed by atoms with Crippen LogP contribution < -0.4 is 9.47 Å². The number of piperazine rings is 1. The second-order valence-electron chi connectivity index (χ2n) is 7.97. The van der Waals surface area contributed by atoms with Crippen LogP contribution in [-0.4, -0.2) is 50.4 Å². The number of nitriles is 1. The van der Waals surface area contributed by atoms with Crippen molar-refractivity contribution in [3.8, 4) is 17.6 Å². The van der Waals surface area contributed by atoms with Gasteiger partial charge in [-0.15, -0.1) is 0 Å². The molecule has 1 amide bonds. The Balaban J connectivity index is 1.74. The molecule has 0 aliphatic carbocycles. The van der Waals surface area contributed by atoms with Crippen molar-refractivity contribution >= 4 is 26.9 Å². The van der Waals surface area contributed by atoms with E-state index in [0.717, 1.165) is 5.56 Å². The molecule has 142 valence electrons. The summed E-state index contributed by atoms with van der Waals surface area (Å²) in [5.41, 5.74) is -0.135. The summed E-state index contributed by atoms with van der Waals surface area (Å²) in [4.78, 5) is 15.5. The molecule has 1 aromatic rings. The van der Waals surface area contributed by atoms with Gasteiger partial charge in [-0.3, -0.25) is 14.6 Å². The van der Waals surface area contributed by atoms with Crippen molar-refractivity contribution < 1.29 is 18.8 Å². The van der Waals surface area contributed by atoms with Crippen LogP contribution in [0.25, 0.3) is 0 Å². The first-order valence-corrected chi connectivity index (χ1v) is 11.2. The average molecular weight is 406 g/mol. The Hall–Kier alpha value is -1.60. The molecule has 9 heteroatoms. The van der Waals surface area contributed by atoms with Crippen LogP contribution in [-0.2, 0) is 15.0 Å². The van der Waals surface area contributed by atoms with Crippen LogP contribution in [0.15, 0.2) is 18.2 Å². The van der Waals surface area contributed by atoms with E-state index in [0.29, 0.717) is 24.5 Å². The van der Waals surface area contributed by atoms with Crippen LogP contribution in [0.3, 0.4) is 0 Å². The van der Waals surface area contributed by atoms with Crippen molar-refractivity contribution in [3.05, 3.63) is 23.8 Å². The van der Waals surface area contributed by atoms with Crippen molar-refractivity contribution in [2.75, 3.05) is 20.4 Å². The Morgan fingerprint density at radius 3 is 2.93 bits per heavy atom. The monoisotopic (exact) mass is 405 g/mol. The third-order valence-corrected chi connectivity index (χ3v) is 10.7. The van der Waals surface area contributed by atoms with Crippen LogP contribution in [0.2, 0.25) is 0 Å². The van der Waals surface area contributed by atoms with Crippen LogP contribution in [0, 0.1) is 16.7 Å². The number of likely N-dealkylation sites (N-methyl/N-ethyl adjacent to an activating group) is 1. The van der Waals surface area contributed by atoms with Gasteiger partial charge in [-0.05, 0) is 27.0 Å². The first kappa shape index (κ1) is 17.5. The number of para-hydroxylation sites is 1. The van der Waals surface area contributed by atoms with E-state index in [9.17, 15) is 14.6 Å². The van der Waals surface area contributed by atoms with Crippen LogP contribution in [0.5, 0.6) is 11.5 Å². The maximum Gasteiger partial charge on any atom is 0.262 e. The summed E-state index contributed by atoms with van der Waals surface area (Å²) in [6.07, 6.45) is 0.359. The van der Waals surface area contributed by atoms with Gasteiger partial charge in [-0.2, -0.15) is 5.26 Å². The third kappa shape index (κ3) is 1.94. The largest absolute Gasteiger partial charge is 0.603 e. The predicted molar refractivity (Wildman–Crippen MR) is 100.0 cm³/mol. The molecule has 1 aromatic carbocycles. The first-order valence-electron chi connectivity index (χ1n) is 8.73. The number of rotatable bonds is 1. The molecule has 5 atom stereocenters. The van der Waals surface area contributed by atoms with Gasteiger partial charge in [0.25, 0.3) is 5.91 Å². The van der Waals surface area contributed by atoms with E-state index in [1.807, 2.05) is 44.0 Å². The van der Waals surface area contributed by atoms with Gasteiger partial charge < -0.3 is 14.0 Å². The van der Waals surface area contributed by atoms with Crippen molar-refractivity contribution in [3.63, 3.8) is 0 Å². The summed E-state index contributed by atoms with van der Waals surface area (Å²) in [6, 6.07) is 7.43. The zero-order chi connectivity index (χ0) is 19.2. The Kier molecular flexibility index (Phi) is 3.41. The summed E-state index contributed by atoms with van der Waals surface area (Å²) in [5.74, 6) is 1.09. The Bertz CT molecular complexity index is 907. The van der Waals surface area contributed by atoms with Crippen molar-refractivity contribution in [2.45, 2.75) is 36.1 Å². The molecule has 1 spiro atoms. The Labute approximate surface area is 164 Å². The van der Waals surface area contributed by atoms with Gasteiger partial charge in [-0.25, -0.2) is 0 Å². The summed E-state index contributed by atoms with van der Waals surface area (Å²) in [5, 5.41) is 10.1. The lowest BCUT2D eigenvalue weighted by Crippen LogP contribution is -2.75. The minimum Gasteiger partial charge on any atom is -0.603 e. The fourth-order valence-electron chi connectivity index (χ4n) is 4.89. The van der Waals surface area contributed by atoms with Gasteiger partial charge in [0.15, 0.2) is 16.4 Å². The maximum absolute atomic E-state index is 13.6. The third-order valence-electron chi connectivity index (χ3n) is 6.30. The summed E-state index contributed by atoms with van der Waals surface area (Å²) in [6.45, 7) is 4.26. The molecule has 4 fully saturated rings. The minimum atomic E-state index is -1.32. The number of carbonyl (C=O) groups is 1. The SMILES string of the molecule is CN1CC23C[C@](C)(C#N)[C@H](c4cccc5c4OCO5)N2C(=O)C1(C)S[S+]3[O-]. The quantitative estimate of drug-likeness (QED) is 0.521. The summed E-state index contributed by atoms with van der Waals surface area (Å²) in [7, 11) is 1.76. The molecule has 27 heavy (non-hydrogen) atoms. The molecule has 2 bridgehead atoms. The van der Waals surface area contributed by atoms with E-state index in [1.165, 1.54) is 10.8 Å². The van der Waals surface area contributed by atoms with Crippen molar-refractivity contribution in [1.29, 1.82) is 5.26 Å². The number of hydrogen-bond donors (Lipinski definition) is 0. The van der Waals surface area contributed by atoms with E-state index in [4.69, 9.17) is 9.47 Å². The predicted octanol–water partition coefficient (Wildman–Crippen LogP) is 1.99. The number of hydrogen-bond acceptors (Lipinski definition) is 7. The lowest BCUT2D eigenvalue weighted by molar-refractivity contribution is -0.150. The summed E-state index contributed by atoms with van der Waals surface area (Å²) >= 11 is 0. The van der Waals surface area contributed by atoms with Crippen molar-refractivity contribution in [2.24, 2.45) is 5.41 Å².